The molecule has 1 amide bonds. The van der Waals surface area contributed by atoms with Gasteiger partial charge < -0.3 is 10.4 Å². The number of halogens is 1. The summed E-state index contributed by atoms with van der Waals surface area (Å²) in [6.07, 6.45) is -0.171. The van der Waals surface area contributed by atoms with E-state index in [4.69, 9.17) is 5.11 Å². The van der Waals surface area contributed by atoms with Gasteiger partial charge in [-0.1, -0.05) is 13.0 Å². The lowest BCUT2D eigenvalue weighted by Crippen LogP contribution is -2.22. The molecule has 0 aliphatic heterocycles. The number of carboxylic acids is 1. The van der Waals surface area contributed by atoms with Crippen LogP contribution in [0.5, 0.6) is 0 Å². The number of rotatable bonds is 4. The summed E-state index contributed by atoms with van der Waals surface area (Å²) in [5.74, 6) is -1.83. The Kier molecular flexibility index (Phi) is 4.69. The molecule has 1 aromatic rings. The Bertz CT molecular complexity index is 445. The monoisotopic (exact) mass is 299 g/mol. The van der Waals surface area contributed by atoms with Crippen molar-refractivity contribution in [3.8, 4) is 0 Å². The third kappa shape index (κ3) is 4.19. The Morgan fingerprint density at radius 1 is 1.47 bits per heavy atom. The molecule has 0 spiro atoms. The number of nitrogens with one attached hydrogen (secondary N) is 1. The number of anilines is 1. The summed E-state index contributed by atoms with van der Waals surface area (Å²) >= 11 is 3.34. The van der Waals surface area contributed by atoms with E-state index in [1.165, 1.54) is 0 Å². The average molecular weight is 300 g/mol. The molecule has 5 heteroatoms. The first-order valence-corrected chi connectivity index (χ1v) is 5.98. The molecule has 1 rings (SSSR count). The predicted octanol–water partition coefficient (Wildman–Crippen LogP) is 2.81. The van der Waals surface area contributed by atoms with Crippen LogP contribution in [0.4, 0.5) is 5.69 Å². The third-order valence-corrected chi connectivity index (χ3v) is 2.97. The van der Waals surface area contributed by atoms with Crippen molar-refractivity contribution in [1.82, 2.24) is 0 Å². The zero-order chi connectivity index (χ0) is 13.0. The predicted molar refractivity (Wildman–Crippen MR) is 68.9 cm³/mol. The SMILES string of the molecule is Cc1ccc(NC(=O)C(C)CC(=O)O)c(Br)c1. The van der Waals surface area contributed by atoms with Gasteiger partial charge in [-0.15, -0.1) is 0 Å². The molecule has 1 unspecified atom stereocenters. The Morgan fingerprint density at radius 2 is 2.12 bits per heavy atom. The largest absolute Gasteiger partial charge is 0.481 e. The highest BCUT2D eigenvalue weighted by molar-refractivity contribution is 9.10. The maximum atomic E-state index is 11.7. The topological polar surface area (TPSA) is 66.4 Å². The van der Waals surface area contributed by atoms with Crippen molar-refractivity contribution < 1.29 is 14.7 Å². The molecule has 92 valence electrons. The van der Waals surface area contributed by atoms with Gasteiger partial charge in [0.15, 0.2) is 0 Å². The molecule has 0 bridgehead atoms. The highest BCUT2D eigenvalue weighted by Gasteiger charge is 2.17. The van der Waals surface area contributed by atoms with Crippen LogP contribution in [-0.2, 0) is 9.59 Å². The van der Waals surface area contributed by atoms with Gasteiger partial charge in [0.2, 0.25) is 5.91 Å². The van der Waals surface area contributed by atoms with Gasteiger partial charge in [0.05, 0.1) is 12.1 Å². The lowest BCUT2D eigenvalue weighted by Gasteiger charge is -2.11. The highest BCUT2D eigenvalue weighted by Crippen LogP contribution is 2.24. The molecule has 0 saturated carbocycles. The molecule has 0 aliphatic rings. The Hall–Kier alpha value is -1.36. The minimum absolute atomic E-state index is 0.171. The van der Waals surface area contributed by atoms with Crippen molar-refractivity contribution in [2.45, 2.75) is 20.3 Å². The van der Waals surface area contributed by atoms with Crippen molar-refractivity contribution in [3.05, 3.63) is 28.2 Å². The Balaban J connectivity index is 2.71. The molecule has 2 N–H and O–H groups in total. The van der Waals surface area contributed by atoms with Crippen LogP contribution in [0.3, 0.4) is 0 Å². The second kappa shape index (κ2) is 5.82. The molecule has 4 nitrogen and oxygen atoms in total. The van der Waals surface area contributed by atoms with Gasteiger partial charge in [-0.2, -0.15) is 0 Å². The number of hydrogen-bond donors (Lipinski definition) is 2. The van der Waals surface area contributed by atoms with E-state index in [-0.39, 0.29) is 12.3 Å². The van der Waals surface area contributed by atoms with Crippen molar-refractivity contribution in [2.24, 2.45) is 5.92 Å². The first kappa shape index (κ1) is 13.7. The maximum absolute atomic E-state index is 11.7. The van der Waals surface area contributed by atoms with Crippen molar-refractivity contribution in [1.29, 1.82) is 0 Å². The molecule has 1 aromatic carbocycles. The summed E-state index contributed by atoms with van der Waals surface area (Å²) in [4.78, 5) is 22.2. The van der Waals surface area contributed by atoms with Crippen molar-refractivity contribution in [2.75, 3.05) is 5.32 Å². The van der Waals surface area contributed by atoms with Crippen LogP contribution in [0, 0.1) is 12.8 Å². The first-order valence-electron chi connectivity index (χ1n) is 5.19. The lowest BCUT2D eigenvalue weighted by molar-refractivity contribution is -0.139. The number of amides is 1. The molecule has 0 aromatic heterocycles. The Labute approximate surface area is 108 Å². The second-order valence-corrected chi connectivity index (χ2v) is 4.83. The van der Waals surface area contributed by atoms with E-state index in [0.717, 1.165) is 10.0 Å². The minimum Gasteiger partial charge on any atom is -0.481 e. The molecule has 17 heavy (non-hydrogen) atoms. The number of carbonyl (C=O) groups is 2. The van der Waals surface area contributed by atoms with Crippen molar-refractivity contribution >= 4 is 33.5 Å². The summed E-state index contributed by atoms with van der Waals surface area (Å²) < 4.78 is 0.786. The van der Waals surface area contributed by atoms with E-state index in [1.54, 1.807) is 13.0 Å². The average Bonchev–Trinajstić information content (AvgIpc) is 2.21. The first-order chi connectivity index (χ1) is 7.90. The summed E-state index contributed by atoms with van der Waals surface area (Å²) in [6, 6.07) is 5.55. The third-order valence-electron chi connectivity index (χ3n) is 2.31. The van der Waals surface area contributed by atoms with Gasteiger partial charge >= 0.3 is 5.97 Å². The lowest BCUT2D eigenvalue weighted by atomic mass is 10.1. The number of hydrogen-bond acceptors (Lipinski definition) is 2. The number of carboxylic acid groups (broad SMARTS) is 1. The van der Waals surface area contributed by atoms with E-state index in [1.807, 2.05) is 19.1 Å². The number of aryl methyl sites for hydroxylation is 1. The van der Waals surface area contributed by atoms with Crippen LogP contribution in [0.1, 0.15) is 18.9 Å². The van der Waals surface area contributed by atoms with E-state index in [9.17, 15) is 9.59 Å². The van der Waals surface area contributed by atoms with Gasteiger partial charge in [-0.3, -0.25) is 9.59 Å². The highest BCUT2D eigenvalue weighted by atomic mass is 79.9. The molecule has 0 heterocycles. The van der Waals surface area contributed by atoms with E-state index in [0.29, 0.717) is 5.69 Å². The van der Waals surface area contributed by atoms with Crippen LogP contribution in [-0.4, -0.2) is 17.0 Å². The zero-order valence-corrected chi connectivity index (χ0v) is 11.2. The fourth-order valence-corrected chi connectivity index (χ4v) is 1.92. The standard InChI is InChI=1S/C12H14BrNO3/c1-7-3-4-10(9(13)5-7)14-12(17)8(2)6-11(15)16/h3-5,8H,6H2,1-2H3,(H,14,17)(H,15,16). The second-order valence-electron chi connectivity index (χ2n) is 3.97. The Morgan fingerprint density at radius 3 is 2.65 bits per heavy atom. The summed E-state index contributed by atoms with van der Waals surface area (Å²) in [7, 11) is 0. The van der Waals surface area contributed by atoms with E-state index < -0.39 is 11.9 Å². The van der Waals surface area contributed by atoms with Gasteiger partial charge in [-0.25, -0.2) is 0 Å². The summed E-state index contributed by atoms with van der Waals surface area (Å²) in [5.41, 5.74) is 1.73. The van der Waals surface area contributed by atoms with E-state index in [2.05, 4.69) is 21.2 Å². The maximum Gasteiger partial charge on any atom is 0.304 e. The fourth-order valence-electron chi connectivity index (χ4n) is 1.33. The van der Waals surface area contributed by atoms with Crippen molar-refractivity contribution in [3.63, 3.8) is 0 Å². The number of benzene rings is 1. The van der Waals surface area contributed by atoms with Gasteiger partial charge in [0.1, 0.15) is 0 Å². The van der Waals surface area contributed by atoms with Crippen LogP contribution in [0.25, 0.3) is 0 Å². The van der Waals surface area contributed by atoms with Crippen LogP contribution in [0.2, 0.25) is 0 Å². The molecule has 0 radical (unpaired) electrons. The molecule has 0 fully saturated rings. The summed E-state index contributed by atoms with van der Waals surface area (Å²) in [6.45, 7) is 3.54. The minimum atomic E-state index is -0.976. The normalized spacial score (nSPS) is 11.9. The quantitative estimate of drug-likeness (QED) is 0.898. The number of aliphatic carboxylic acids is 1. The van der Waals surface area contributed by atoms with Gasteiger partial charge in [0.25, 0.3) is 0 Å². The molecular formula is C12H14BrNO3. The van der Waals surface area contributed by atoms with E-state index >= 15 is 0 Å². The number of carbonyl (C=O) groups excluding carboxylic acids is 1. The molecular weight excluding hydrogens is 286 g/mol. The van der Waals surface area contributed by atoms with Gasteiger partial charge in [-0.05, 0) is 40.5 Å². The molecule has 1 atom stereocenters. The smallest absolute Gasteiger partial charge is 0.304 e. The molecule has 0 aliphatic carbocycles. The summed E-state index contributed by atoms with van der Waals surface area (Å²) in [5, 5.41) is 11.3. The van der Waals surface area contributed by atoms with Crippen LogP contribution < -0.4 is 5.32 Å². The van der Waals surface area contributed by atoms with Gasteiger partial charge in [0, 0.05) is 10.4 Å². The fraction of sp³-hybridized carbons (Fsp3) is 0.333. The molecule has 0 saturated heterocycles. The van der Waals surface area contributed by atoms with Crippen LogP contribution in [0.15, 0.2) is 22.7 Å². The zero-order valence-electron chi connectivity index (χ0n) is 9.66. The van der Waals surface area contributed by atoms with Crippen LogP contribution >= 0.6 is 15.9 Å².